The van der Waals surface area contributed by atoms with E-state index in [2.05, 4.69) is 46.1 Å². The number of carbonyl (C=O) groups excluding carboxylic acids is 14. The molecule has 0 bridgehead atoms. The van der Waals surface area contributed by atoms with E-state index in [0.29, 0.717) is 19.3 Å². The third-order valence-corrected chi connectivity index (χ3v) is 11.4. The number of esters is 5. The van der Waals surface area contributed by atoms with E-state index in [0.717, 1.165) is 64.9 Å². The van der Waals surface area contributed by atoms with Crippen molar-refractivity contribution in [2.24, 2.45) is 0 Å². The van der Waals surface area contributed by atoms with E-state index in [4.69, 9.17) is 9.47 Å². The van der Waals surface area contributed by atoms with Crippen molar-refractivity contribution in [2.75, 3.05) is 51.0 Å². The number of para-hydroxylation sites is 3. The van der Waals surface area contributed by atoms with E-state index < -0.39 is 120 Å². The van der Waals surface area contributed by atoms with Crippen LogP contribution in [0.4, 0.5) is 17.1 Å². The maximum atomic E-state index is 14.2. The smallest absolute Gasteiger partial charge is 0.330 e. The average molecular weight is 1140 g/mol. The summed E-state index contributed by atoms with van der Waals surface area (Å²) in [5.41, 5.74) is -0.180. The molecule has 82 heavy (non-hydrogen) atoms. The lowest BCUT2D eigenvalue weighted by molar-refractivity contribution is -0.148. The first-order chi connectivity index (χ1) is 39.2. The Morgan fingerprint density at radius 3 is 1.18 bits per heavy atom. The number of unbranched alkanes of at least 4 members (excludes halogenated alkanes) is 3. The lowest BCUT2D eigenvalue weighted by Crippen LogP contribution is -2.53. The van der Waals surface area contributed by atoms with E-state index in [1.54, 1.807) is 13.0 Å². The number of hydrogen-bond acceptors (Lipinski definition) is 19. The van der Waals surface area contributed by atoms with Crippen LogP contribution < -0.4 is 31.9 Å². The highest BCUT2D eigenvalue weighted by molar-refractivity contribution is 6.12. The van der Waals surface area contributed by atoms with Gasteiger partial charge in [0.2, 0.25) is 35.4 Å². The van der Waals surface area contributed by atoms with E-state index in [1.165, 1.54) is 66.7 Å². The minimum Gasteiger partial charge on any atom is -0.467 e. The molecule has 25 nitrogen and oxygen atoms in total. The van der Waals surface area contributed by atoms with Crippen molar-refractivity contribution in [3.05, 3.63) is 126 Å². The highest BCUT2D eigenvalue weighted by atomic mass is 16.5. The van der Waals surface area contributed by atoms with Crippen molar-refractivity contribution in [3.63, 3.8) is 0 Å². The summed E-state index contributed by atoms with van der Waals surface area (Å²) >= 11 is 0. The first-order valence-corrected chi connectivity index (χ1v) is 25.4. The number of Topliss-reactive ketones (excluding diaryl/α,β-unsaturated/α-hetero) is 3. The van der Waals surface area contributed by atoms with E-state index in [-0.39, 0.29) is 66.0 Å². The number of ether oxygens (including phenoxy) is 5. The third kappa shape index (κ3) is 23.6. The molecule has 0 fully saturated rings. The number of rotatable bonds is 33. The molecule has 0 saturated heterocycles. The van der Waals surface area contributed by atoms with Crippen molar-refractivity contribution >= 4 is 99.7 Å². The molecule has 0 aliphatic rings. The molecule has 6 N–H and O–H groups in total. The summed E-state index contributed by atoms with van der Waals surface area (Å²) in [6.07, 6.45) is 4.61. The van der Waals surface area contributed by atoms with Crippen LogP contribution in [-0.4, -0.2) is 136 Å². The van der Waals surface area contributed by atoms with Gasteiger partial charge in [0.25, 0.3) is 0 Å². The Bertz CT molecular complexity index is 2950. The molecule has 0 radical (unpaired) electrons. The summed E-state index contributed by atoms with van der Waals surface area (Å²) in [4.78, 5) is 180. The van der Waals surface area contributed by atoms with Gasteiger partial charge in [-0.1, -0.05) is 56.2 Å². The molecule has 3 atom stereocenters. The molecule has 3 aromatic carbocycles. The molecular weight excluding hydrogens is 1070 g/mol. The Morgan fingerprint density at radius 2 is 0.780 bits per heavy atom. The van der Waals surface area contributed by atoms with E-state index in [9.17, 15) is 67.1 Å². The number of ketones is 3. The summed E-state index contributed by atoms with van der Waals surface area (Å²) in [6, 6.07) is 12.4. The van der Waals surface area contributed by atoms with E-state index in [1.807, 2.05) is 0 Å². The fourth-order valence-electron chi connectivity index (χ4n) is 7.34. The predicted molar refractivity (Wildman–Crippen MR) is 292 cm³/mol. The highest BCUT2D eigenvalue weighted by Gasteiger charge is 2.33. The maximum absolute atomic E-state index is 14.2. The Hall–Kier alpha value is -9.94. The van der Waals surface area contributed by atoms with Crippen molar-refractivity contribution < 1.29 is 90.8 Å². The molecule has 25 heteroatoms. The molecule has 3 aromatic rings. The second kappa shape index (κ2) is 35.5. The second-order valence-corrected chi connectivity index (χ2v) is 17.5. The average Bonchev–Trinajstić information content (AvgIpc) is 3.54. The fraction of sp³-hybridized carbons (Fsp3) is 0.333. The zero-order valence-electron chi connectivity index (χ0n) is 45.7. The van der Waals surface area contributed by atoms with Crippen LogP contribution in [0.2, 0.25) is 0 Å². The molecular formula is C57H64N6O19. The lowest BCUT2D eigenvalue weighted by Gasteiger charge is -2.23. The zero-order valence-corrected chi connectivity index (χ0v) is 45.7. The summed E-state index contributed by atoms with van der Waals surface area (Å²) < 4.78 is 23.8. The topological polar surface area (TPSA) is 357 Å². The second-order valence-electron chi connectivity index (χ2n) is 17.5. The largest absolute Gasteiger partial charge is 0.467 e. The molecule has 3 rings (SSSR count). The van der Waals surface area contributed by atoms with Gasteiger partial charge >= 0.3 is 29.8 Å². The van der Waals surface area contributed by atoms with Gasteiger partial charge in [0.05, 0.1) is 52.1 Å². The third-order valence-electron chi connectivity index (χ3n) is 11.4. The van der Waals surface area contributed by atoms with Crippen LogP contribution in [0, 0.1) is 0 Å². The van der Waals surface area contributed by atoms with Gasteiger partial charge < -0.3 is 55.6 Å². The minimum absolute atomic E-state index is 0.00835. The molecule has 0 aromatic heterocycles. The van der Waals surface area contributed by atoms with Gasteiger partial charge in [-0.2, -0.15) is 0 Å². The van der Waals surface area contributed by atoms with Gasteiger partial charge in [0.1, 0.15) is 18.1 Å². The normalized spacial score (nSPS) is 11.9. The van der Waals surface area contributed by atoms with Crippen LogP contribution in [0.3, 0.4) is 0 Å². The molecule has 0 spiro atoms. The van der Waals surface area contributed by atoms with Crippen molar-refractivity contribution in [2.45, 2.75) is 89.3 Å². The van der Waals surface area contributed by atoms with Gasteiger partial charge in [-0.25, -0.2) is 24.0 Å². The summed E-state index contributed by atoms with van der Waals surface area (Å²) in [6.45, 7) is 1.44. The minimum atomic E-state index is -1.77. The van der Waals surface area contributed by atoms with Gasteiger partial charge in [-0.05, 0) is 55.7 Å². The summed E-state index contributed by atoms with van der Waals surface area (Å²) in [5, 5.41) is 14.8. The Balaban J connectivity index is 1.76. The number of carbonyl (C=O) groups is 14. The Labute approximate surface area is 471 Å². The molecule has 3 unspecified atom stereocenters. The van der Waals surface area contributed by atoms with Crippen LogP contribution in [0.5, 0.6) is 0 Å². The highest BCUT2D eigenvalue weighted by Crippen LogP contribution is 2.22. The van der Waals surface area contributed by atoms with Crippen molar-refractivity contribution in [1.82, 2.24) is 16.0 Å². The van der Waals surface area contributed by atoms with Crippen molar-refractivity contribution in [1.29, 1.82) is 0 Å². The van der Waals surface area contributed by atoms with Crippen molar-refractivity contribution in [3.8, 4) is 0 Å². The number of nitrogens with one attached hydrogen (secondary N) is 6. The summed E-state index contributed by atoms with van der Waals surface area (Å²) in [7, 11) is 4.42. The molecule has 0 heterocycles. The Morgan fingerprint density at radius 1 is 0.415 bits per heavy atom. The van der Waals surface area contributed by atoms with Gasteiger partial charge in [-0.3, -0.25) is 43.2 Å². The molecule has 6 amide bonds. The van der Waals surface area contributed by atoms with Gasteiger partial charge in [0.15, 0.2) is 17.3 Å². The summed E-state index contributed by atoms with van der Waals surface area (Å²) in [5.74, 6) is -11.3. The Kier molecular flexibility index (Phi) is 28.8. The monoisotopic (exact) mass is 1140 g/mol. The lowest BCUT2D eigenvalue weighted by atomic mass is 9.99. The fourth-order valence-corrected chi connectivity index (χ4v) is 7.34. The van der Waals surface area contributed by atoms with Crippen LogP contribution in [0.25, 0.3) is 0 Å². The molecule has 0 saturated carbocycles. The predicted octanol–water partition coefficient (Wildman–Crippen LogP) is 3.73. The number of amides is 6. The van der Waals surface area contributed by atoms with Gasteiger partial charge in [0, 0.05) is 85.3 Å². The first-order valence-electron chi connectivity index (χ1n) is 25.4. The standard InChI is InChI=1S/C57H64N6O19/c1-6-17-47(67)61-41(32-44(64)35-18-10-13-21-38(35)58-49(69)25-28-52(72)78-2)55(75)63-43(34-46(66)37-20-12-15-23-40(37)60-51(71)27-30-54(74)80-4)57(77)82-31-16-8-7-9-24-48(68)62-42(56(76)81-5)33-45(65)36-19-11-14-22-39(36)59-50(70)26-29-53(73)79-3/h10-15,18-23,25-30,41-43H,6-9,16-17,24,31-34H2,1-5H3,(H,58,69)(H,59,70)(H,60,71)(H,61,67)(H,62,68)(H,63,75)/b28-25-,29-26-,30-27-. The van der Waals surface area contributed by atoms with E-state index >= 15 is 0 Å². The maximum Gasteiger partial charge on any atom is 0.330 e. The number of methoxy groups -OCH3 is 4. The molecule has 0 aliphatic heterocycles. The molecule has 436 valence electrons. The number of hydrogen-bond donors (Lipinski definition) is 6. The van der Waals surface area contributed by atoms with Crippen LogP contribution in [0.15, 0.2) is 109 Å². The van der Waals surface area contributed by atoms with Crippen LogP contribution >= 0.6 is 0 Å². The van der Waals surface area contributed by atoms with Crippen LogP contribution in [0.1, 0.15) is 102 Å². The zero-order chi connectivity index (χ0) is 60.6. The van der Waals surface area contributed by atoms with Gasteiger partial charge in [-0.15, -0.1) is 0 Å². The quantitative estimate of drug-likeness (QED) is 0.0166. The molecule has 0 aliphatic carbocycles. The first kappa shape index (κ1) is 66.3. The number of benzene rings is 3. The van der Waals surface area contributed by atoms with Crippen LogP contribution in [-0.2, 0) is 76.4 Å². The number of anilines is 3. The SMILES string of the molecule is CCCC(=O)NC(CC(=O)c1ccccc1NC(=O)/C=C\C(=O)OC)C(=O)NC(CC(=O)c1ccccc1NC(=O)/C=C\C(=O)OC)C(=O)OCCCCCCC(=O)NC(CC(=O)c1ccccc1NC(=O)/C=C\C(=O)OC)C(=O)OC.